The van der Waals surface area contributed by atoms with Crippen LogP contribution in [0, 0.1) is 11.3 Å². The fourth-order valence-corrected chi connectivity index (χ4v) is 4.43. The molecule has 2 fully saturated rings. The zero-order valence-corrected chi connectivity index (χ0v) is 14.8. The van der Waals surface area contributed by atoms with E-state index in [0.717, 1.165) is 5.92 Å². The summed E-state index contributed by atoms with van der Waals surface area (Å²) >= 11 is 0. The first-order valence-corrected chi connectivity index (χ1v) is 9.59. The topological polar surface area (TPSA) is 15.3 Å². The number of nitrogens with zero attached hydrogens (tertiary/aromatic N) is 1. The van der Waals surface area contributed by atoms with Crippen LogP contribution in [0.15, 0.2) is 0 Å². The van der Waals surface area contributed by atoms with Gasteiger partial charge in [-0.1, -0.05) is 52.9 Å². The maximum absolute atomic E-state index is 3.75. The number of nitrogens with one attached hydrogen (secondary N) is 1. The molecule has 0 radical (unpaired) electrons. The summed E-state index contributed by atoms with van der Waals surface area (Å²) in [6.07, 6.45) is 13.0. The highest BCUT2D eigenvalue weighted by molar-refractivity contribution is 4.89. The van der Waals surface area contributed by atoms with Gasteiger partial charge in [0.25, 0.3) is 0 Å². The van der Waals surface area contributed by atoms with Crippen LogP contribution in [0.1, 0.15) is 78.6 Å². The Hall–Kier alpha value is -0.0800. The maximum Gasteiger partial charge on any atom is 0.00501 e. The fraction of sp³-hybridized carbons (Fsp3) is 1.00. The van der Waals surface area contributed by atoms with E-state index in [2.05, 4.69) is 31.0 Å². The molecule has 0 spiro atoms. The van der Waals surface area contributed by atoms with Gasteiger partial charge >= 0.3 is 0 Å². The summed E-state index contributed by atoms with van der Waals surface area (Å²) in [4.78, 5) is 2.79. The van der Waals surface area contributed by atoms with Crippen LogP contribution in [0.25, 0.3) is 0 Å². The Balaban J connectivity index is 1.84. The highest BCUT2D eigenvalue weighted by atomic mass is 15.1. The molecule has 21 heavy (non-hydrogen) atoms. The molecular weight excluding hydrogens is 256 g/mol. The van der Waals surface area contributed by atoms with E-state index in [-0.39, 0.29) is 0 Å². The van der Waals surface area contributed by atoms with Crippen molar-refractivity contribution in [3.8, 4) is 0 Å². The summed E-state index contributed by atoms with van der Waals surface area (Å²) in [5, 5.41) is 3.75. The van der Waals surface area contributed by atoms with E-state index in [0.29, 0.717) is 11.5 Å². The summed E-state index contributed by atoms with van der Waals surface area (Å²) in [5.41, 5.74) is 0.570. The molecule has 2 nitrogen and oxygen atoms in total. The maximum atomic E-state index is 3.75. The monoisotopic (exact) mass is 294 g/mol. The second-order valence-corrected chi connectivity index (χ2v) is 8.10. The van der Waals surface area contributed by atoms with Crippen LogP contribution < -0.4 is 5.32 Å². The highest BCUT2D eigenvalue weighted by Crippen LogP contribution is 2.37. The van der Waals surface area contributed by atoms with E-state index in [4.69, 9.17) is 0 Å². The van der Waals surface area contributed by atoms with E-state index >= 15 is 0 Å². The Labute approximate surface area is 133 Å². The lowest BCUT2D eigenvalue weighted by atomic mass is 9.73. The van der Waals surface area contributed by atoms with E-state index in [1.165, 1.54) is 84.0 Å². The van der Waals surface area contributed by atoms with Crippen LogP contribution in [0.5, 0.6) is 0 Å². The third kappa shape index (κ3) is 5.56. The van der Waals surface area contributed by atoms with E-state index < -0.39 is 0 Å². The van der Waals surface area contributed by atoms with E-state index in [1.54, 1.807) is 0 Å². The molecule has 0 aromatic rings. The Morgan fingerprint density at radius 1 is 1.10 bits per heavy atom. The van der Waals surface area contributed by atoms with Crippen molar-refractivity contribution in [3.05, 3.63) is 0 Å². The van der Waals surface area contributed by atoms with Crippen molar-refractivity contribution < 1.29 is 0 Å². The predicted octanol–water partition coefficient (Wildman–Crippen LogP) is 4.45. The van der Waals surface area contributed by atoms with Gasteiger partial charge in [-0.05, 0) is 50.1 Å². The highest BCUT2D eigenvalue weighted by Gasteiger charge is 2.34. The molecule has 1 N–H and O–H groups in total. The summed E-state index contributed by atoms with van der Waals surface area (Å²) < 4.78 is 0. The molecule has 1 saturated heterocycles. The molecule has 1 aliphatic carbocycles. The normalized spacial score (nSPS) is 24.6. The van der Waals surface area contributed by atoms with E-state index in [9.17, 15) is 0 Å². The first-order chi connectivity index (χ1) is 10.1. The lowest BCUT2D eigenvalue weighted by Gasteiger charge is -2.44. The van der Waals surface area contributed by atoms with Crippen molar-refractivity contribution in [2.45, 2.75) is 84.6 Å². The molecule has 1 heterocycles. The second kappa shape index (κ2) is 8.53. The lowest BCUT2D eigenvalue weighted by molar-refractivity contribution is 0.0749. The quantitative estimate of drug-likeness (QED) is 0.746. The van der Waals surface area contributed by atoms with Crippen molar-refractivity contribution in [3.63, 3.8) is 0 Å². The molecule has 0 bridgehead atoms. The van der Waals surface area contributed by atoms with Gasteiger partial charge in [0.05, 0.1) is 0 Å². The molecule has 2 aliphatic rings. The van der Waals surface area contributed by atoms with Crippen LogP contribution in [-0.2, 0) is 0 Å². The third-order valence-corrected chi connectivity index (χ3v) is 5.76. The molecule has 0 atom stereocenters. The van der Waals surface area contributed by atoms with Gasteiger partial charge in [-0.15, -0.1) is 0 Å². The van der Waals surface area contributed by atoms with Crippen LogP contribution in [0.4, 0.5) is 0 Å². The van der Waals surface area contributed by atoms with Gasteiger partial charge in [-0.3, -0.25) is 0 Å². The number of likely N-dealkylation sites (tertiary alicyclic amines) is 1. The van der Waals surface area contributed by atoms with Crippen LogP contribution >= 0.6 is 0 Å². The first kappa shape index (κ1) is 17.3. The van der Waals surface area contributed by atoms with E-state index in [1.807, 2.05) is 0 Å². The Morgan fingerprint density at radius 3 is 2.33 bits per heavy atom. The molecular formula is C19H38N2. The molecule has 0 amide bonds. The van der Waals surface area contributed by atoms with Crippen molar-refractivity contribution >= 4 is 0 Å². The summed E-state index contributed by atoms with van der Waals surface area (Å²) in [6.45, 7) is 12.2. The fourth-order valence-electron chi connectivity index (χ4n) is 4.43. The lowest BCUT2D eigenvalue weighted by Crippen LogP contribution is -2.48. The molecule has 0 aromatic carbocycles. The minimum atomic E-state index is 0.570. The van der Waals surface area contributed by atoms with Crippen LogP contribution in [0.3, 0.4) is 0 Å². The summed E-state index contributed by atoms with van der Waals surface area (Å²) in [6, 6.07) is 0.624. The van der Waals surface area contributed by atoms with Gasteiger partial charge in [0.1, 0.15) is 0 Å². The van der Waals surface area contributed by atoms with Crippen molar-refractivity contribution in [1.82, 2.24) is 10.2 Å². The largest absolute Gasteiger partial charge is 0.314 e. The van der Waals surface area contributed by atoms with Gasteiger partial charge in [-0.25, -0.2) is 0 Å². The zero-order chi connectivity index (χ0) is 15.1. The Kier molecular flexibility index (Phi) is 7.01. The smallest absolute Gasteiger partial charge is 0.00501 e. The van der Waals surface area contributed by atoms with Gasteiger partial charge < -0.3 is 10.2 Å². The summed E-state index contributed by atoms with van der Waals surface area (Å²) in [5.74, 6) is 1.02. The molecule has 124 valence electrons. The first-order valence-electron chi connectivity index (χ1n) is 9.59. The second-order valence-electron chi connectivity index (χ2n) is 8.10. The van der Waals surface area contributed by atoms with Gasteiger partial charge in [0.2, 0.25) is 0 Å². The van der Waals surface area contributed by atoms with Crippen molar-refractivity contribution in [2.24, 2.45) is 11.3 Å². The average molecular weight is 295 g/mol. The third-order valence-electron chi connectivity index (χ3n) is 5.76. The number of rotatable bonds is 7. The zero-order valence-electron chi connectivity index (χ0n) is 14.8. The minimum Gasteiger partial charge on any atom is -0.314 e. The van der Waals surface area contributed by atoms with Gasteiger partial charge in [0.15, 0.2) is 0 Å². The standard InChI is InChI=1S/C19H38N2/c1-4-8-18-9-13-21(14-10-18)16-19(15-20-17(2)3)11-6-5-7-12-19/h17-18,20H,4-16H2,1-3H3. The van der Waals surface area contributed by atoms with Crippen LogP contribution in [-0.4, -0.2) is 37.1 Å². The number of hydrogen-bond donors (Lipinski definition) is 1. The minimum absolute atomic E-state index is 0.570. The Morgan fingerprint density at radius 2 is 1.76 bits per heavy atom. The van der Waals surface area contributed by atoms with Gasteiger partial charge in [0, 0.05) is 19.1 Å². The predicted molar refractivity (Wildman–Crippen MR) is 92.7 cm³/mol. The Bertz CT molecular complexity index is 273. The SMILES string of the molecule is CCCC1CCN(CC2(CNC(C)C)CCCCC2)CC1. The van der Waals surface area contributed by atoms with Gasteiger partial charge in [-0.2, -0.15) is 0 Å². The molecule has 1 aliphatic heterocycles. The summed E-state index contributed by atoms with van der Waals surface area (Å²) in [7, 11) is 0. The molecule has 1 saturated carbocycles. The molecule has 0 aromatic heterocycles. The average Bonchev–Trinajstić information content (AvgIpc) is 2.49. The molecule has 2 rings (SSSR count). The molecule has 2 heteroatoms. The molecule has 0 unspecified atom stereocenters. The van der Waals surface area contributed by atoms with Crippen molar-refractivity contribution in [2.75, 3.05) is 26.2 Å². The van der Waals surface area contributed by atoms with Crippen LogP contribution in [0.2, 0.25) is 0 Å². The number of hydrogen-bond acceptors (Lipinski definition) is 2. The van der Waals surface area contributed by atoms with Crippen molar-refractivity contribution in [1.29, 1.82) is 0 Å². The number of piperidine rings is 1.